The van der Waals surface area contributed by atoms with Gasteiger partial charge in [0.25, 0.3) is 0 Å². The largest absolute Gasteiger partial charge is 0.492 e. The van der Waals surface area contributed by atoms with Crippen LogP contribution in [0.1, 0.15) is 18.4 Å². The van der Waals surface area contributed by atoms with Gasteiger partial charge >= 0.3 is 0 Å². The summed E-state index contributed by atoms with van der Waals surface area (Å²) in [6.45, 7) is 4.70. The van der Waals surface area contributed by atoms with Gasteiger partial charge in [0.2, 0.25) is 0 Å². The van der Waals surface area contributed by atoms with Gasteiger partial charge in [0.05, 0.1) is 6.54 Å². The summed E-state index contributed by atoms with van der Waals surface area (Å²) < 4.78 is 31.5. The molecule has 1 fully saturated rings. The van der Waals surface area contributed by atoms with Gasteiger partial charge in [-0.15, -0.1) is 0 Å². The molecule has 3 rings (SSSR count). The third kappa shape index (κ3) is 6.04. The van der Waals surface area contributed by atoms with Crippen LogP contribution in [0.15, 0.2) is 41.5 Å². The predicted molar refractivity (Wildman–Crippen MR) is 111 cm³/mol. The fourth-order valence-electron chi connectivity index (χ4n) is 3.19. The molecule has 1 aromatic carbocycles. The van der Waals surface area contributed by atoms with Gasteiger partial charge in [-0.1, -0.05) is 6.07 Å². The number of ether oxygens (including phenoxy) is 1. The molecule has 6 nitrogen and oxygen atoms in total. The van der Waals surface area contributed by atoms with Gasteiger partial charge in [0, 0.05) is 38.4 Å². The highest BCUT2D eigenvalue weighted by atomic mass is 19.2. The van der Waals surface area contributed by atoms with Gasteiger partial charge < -0.3 is 20.3 Å². The van der Waals surface area contributed by atoms with E-state index in [1.165, 1.54) is 6.07 Å². The smallest absolute Gasteiger partial charge is 0.191 e. The number of benzene rings is 1. The molecule has 156 valence electrons. The number of aliphatic imine (C=N–C) groups is 1. The number of nitrogens with zero attached hydrogens (tertiary/aromatic N) is 3. The second-order valence-corrected chi connectivity index (χ2v) is 7.02. The summed E-state index contributed by atoms with van der Waals surface area (Å²) in [5.74, 6) is 0.215. The first-order valence-electron chi connectivity index (χ1n) is 9.78. The van der Waals surface area contributed by atoms with Crippen molar-refractivity contribution in [3.8, 4) is 5.75 Å². The van der Waals surface area contributed by atoms with Crippen molar-refractivity contribution in [1.82, 2.24) is 15.6 Å². The average molecular weight is 403 g/mol. The van der Waals surface area contributed by atoms with Crippen molar-refractivity contribution in [2.75, 3.05) is 38.2 Å². The molecular weight excluding hydrogens is 376 g/mol. The number of piperidine rings is 1. The Balaban J connectivity index is 1.38. The molecule has 1 aliphatic rings. The number of guanidine groups is 1. The summed E-state index contributed by atoms with van der Waals surface area (Å²) in [7, 11) is 1.72. The second-order valence-electron chi connectivity index (χ2n) is 7.02. The van der Waals surface area contributed by atoms with Crippen molar-refractivity contribution in [1.29, 1.82) is 0 Å². The number of pyridine rings is 1. The molecule has 1 saturated heterocycles. The fraction of sp³-hybridized carbons (Fsp3) is 0.429. The first-order valence-corrected chi connectivity index (χ1v) is 9.78. The number of hydrogen-bond acceptors (Lipinski definition) is 4. The molecule has 0 spiro atoms. The van der Waals surface area contributed by atoms with Crippen molar-refractivity contribution < 1.29 is 13.5 Å². The number of hydrogen-bond donors (Lipinski definition) is 2. The number of anilines is 1. The molecule has 2 N–H and O–H groups in total. The number of halogens is 2. The topological polar surface area (TPSA) is 61.8 Å². The van der Waals surface area contributed by atoms with E-state index in [-0.39, 0.29) is 0 Å². The van der Waals surface area contributed by atoms with Crippen molar-refractivity contribution in [3.63, 3.8) is 0 Å². The third-order valence-electron chi connectivity index (χ3n) is 4.83. The van der Waals surface area contributed by atoms with Gasteiger partial charge in [-0.2, -0.15) is 0 Å². The first-order chi connectivity index (χ1) is 14.0. The highest BCUT2D eigenvalue weighted by Crippen LogP contribution is 2.18. The maximum Gasteiger partial charge on any atom is 0.191 e. The molecule has 0 unspecified atom stereocenters. The molecule has 29 heavy (non-hydrogen) atoms. The minimum Gasteiger partial charge on any atom is -0.492 e. The van der Waals surface area contributed by atoms with Crippen molar-refractivity contribution in [2.45, 2.75) is 25.8 Å². The summed E-state index contributed by atoms with van der Waals surface area (Å²) in [5, 5.41) is 6.61. The van der Waals surface area contributed by atoms with E-state index < -0.39 is 11.6 Å². The molecule has 2 aromatic rings. The monoisotopic (exact) mass is 403 g/mol. The maximum atomic E-state index is 13.2. The lowest BCUT2D eigenvalue weighted by Gasteiger charge is -2.33. The van der Waals surface area contributed by atoms with Gasteiger partial charge in [-0.25, -0.2) is 13.8 Å². The van der Waals surface area contributed by atoms with E-state index in [9.17, 15) is 8.78 Å². The molecule has 0 atom stereocenters. The van der Waals surface area contributed by atoms with E-state index in [1.54, 1.807) is 7.05 Å². The van der Waals surface area contributed by atoms with Gasteiger partial charge in [-0.05, 0) is 43.5 Å². The van der Waals surface area contributed by atoms with Crippen LogP contribution in [0.2, 0.25) is 0 Å². The third-order valence-corrected chi connectivity index (χ3v) is 4.83. The highest BCUT2D eigenvalue weighted by Gasteiger charge is 2.20. The Bertz CT molecular complexity index is 820. The number of aryl methyl sites for hydroxylation is 1. The van der Waals surface area contributed by atoms with Crippen molar-refractivity contribution in [2.24, 2.45) is 4.99 Å². The summed E-state index contributed by atoms with van der Waals surface area (Å²) in [4.78, 5) is 11.0. The molecule has 1 aliphatic heterocycles. The Labute approximate surface area is 170 Å². The summed E-state index contributed by atoms with van der Waals surface area (Å²) in [5.41, 5.74) is 1.16. The van der Waals surface area contributed by atoms with Crippen molar-refractivity contribution in [3.05, 3.63) is 53.7 Å². The highest BCUT2D eigenvalue weighted by molar-refractivity contribution is 5.80. The van der Waals surface area contributed by atoms with Crippen LogP contribution >= 0.6 is 0 Å². The molecule has 2 heterocycles. The Kier molecular flexibility index (Phi) is 7.21. The lowest BCUT2D eigenvalue weighted by atomic mass is 10.1. The van der Waals surface area contributed by atoms with Gasteiger partial charge in [0.1, 0.15) is 18.2 Å². The summed E-state index contributed by atoms with van der Waals surface area (Å²) in [6.07, 6.45) is 3.87. The molecule has 0 saturated carbocycles. The van der Waals surface area contributed by atoms with Crippen LogP contribution in [0, 0.1) is 18.6 Å². The van der Waals surface area contributed by atoms with E-state index in [0.29, 0.717) is 30.9 Å². The van der Waals surface area contributed by atoms with Crippen LogP contribution in [-0.4, -0.2) is 50.3 Å². The Morgan fingerprint density at radius 2 is 2.00 bits per heavy atom. The molecule has 1 aromatic heterocycles. The van der Waals surface area contributed by atoms with Crippen molar-refractivity contribution >= 4 is 11.8 Å². The lowest BCUT2D eigenvalue weighted by molar-refractivity contribution is 0.318. The minimum atomic E-state index is -0.917. The molecule has 0 bridgehead atoms. The number of aromatic nitrogens is 1. The molecule has 8 heteroatoms. The zero-order valence-electron chi connectivity index (χ0n) is 16.8. The minimum absolute atomic E-state index is 0.297. The van der Waals surface area contributed by atoms with E-state index in [2.05, 4.69) is 37.6 Å². The molecule has 0 radical (unpaired) electrons. The Morgan fingerprint density at radius 3 is 2.66 bits per heavy atom. The van der Waals surface area contributed by atoms with E-state index in [1.807, 2.05) is 13.1 Å². The molecule has 0 amide bonds. The standard InChI is InChI=1S/C21H27F2N5O/c1-15-3-6-20(26-14-15)28-10-7-16(8-11-28)27-21(24-2)25-9-12-29-17-4-5-18(22)19(23)13-17/h3-6,13-14,16H,7-12H2,1-2H3,(H2,24,25,27). The maximum absolute atomic E-state index is 13.2. The molecular formula is C21H27F2N5O. The van der Waals surface area contributed by atoms with Crippen LogP contribution in [0.4, 0.5) is 14.6 Å². The zero-order chi connectivity index (χ0) is 20.6. The predicted octanol–water partition coefficient (Wildman–Crippen LogP) is 2.88. The number of rotatable bonds is 6. The zero-order valence-corrected chi connectivity index (χ0v) is 16.8. The number of nitrogens with one attached hydrogen (secondary N) is 2. The van der Waals surface area contributed by atoms with Gasteiger partial charge in [-0.3, -0.25) is 4.99 Å². The van der Waals surface area contributed by atoms with Gasteiger partial charge in [0.15, 0.2) is 17.6 Å². The Morgan fingerprint density at radius 1 is 1.21 bits per heavy atom. The van der Waals surface area contributed by atoms with Crippen LogP contribution < -0.4 is 20.3 Å². The second kappa shape index (κ2) is 10.0. The van der Waals surface area contributed by atoms with E-state index >= 15 is 0 Å². The average Bonchev–Trinajstić information content (AvgIpc) is 2.74. The van der Waals surface area contributed by atoms with Crippen LogP contribution in [0.25, 0.3) is 0 Å². The molecule has 0 aliphatic carbocycles. The van der Waals surface area contributed by atoms with E-state index in [0.717, 1.165) is 49.4 Å². The Hall–Kier alpha value is -2.90. The lowest BCUT2D eigenvalue weighted by Crippen LogP contribution is -2.49. The SMILES string of the molecule is CN=C(NCCOc1ccc(F)c(F)c1)NC1CCN(c2ccc(C)cn2)CC1. The van der Waals surface area contributed by atoms with Crippen LogP contribution in [-0.2, 0) is 0 Å². The van der Waals surface area contributed by atoms with Crippen LogP contribution in [0.5, 0.6) is 5.75 Å². The summed E-state index contributed by atoms with van der Waals surface area (Å²) in [6, 6.07) is 7.98. The van der Waals surface area contributed by atoms with Crippen LogP contribution in [0.3, 0.4) is 0 Å². The first kappa shape index (κ1) is 20.8. The van der Waals surface area contributed by atoms with E-state index in [4.69, 9.17) is 4.74 Å². The quantitative estimate of drug-likeness (QED) is 0.441. The normalized spacial score (nSPS) is 15.3. The fourth-order valence-corrected chi connectivity index (χ4v) is 3.19. The summed E-state index contributed by atoms with van der Waals surface area (Å²) >= 11 is 0.